The standard InChI is InChI=1S/C16H18F2N2O/c1-4-14-16(10(3)21)15(5-2)20(19-14)9-11-8-12(17)6-7-13(11)18/h6-8H,4-5,9H2,1-3H3. The largest absolute Gasteiger partial charge is 0.294 e. The third-order valence-electron chi connectivity index (χ3n) is 3.48. The Morgan fingerprint density at radius 2 is 1.95 bits per heavy atom. The van der Waals surface area contributed by atoms with Crippen LogP contribution in [0.4, 0.5) is 8.78 Å². The molecule has 21 heavy (non-hydrogen) atoms. The predicted octanol–water partition coefficient (Wildman–Crippen LogP) is 3.54. The van der Waals surface area contributed by atoms with E-state index in [9.17, 15) is 13.6 Å². The number of ketones is 1. The molecule has 0 aliphatic rings. The molecule has 0 N–H and O–H groups in total. The summed E-state index contributed by atoms with van der Waals surface area (Å²) in [6, 6.07) is 3.35. The van der Waals surface area contributed by atoms with Crippen molar-refractivity contribution in [2.45, 2.75) is 40.2 Å². The highest BCUT2D eigenvalue weighted by molar-refractivity contribution is 5.96. The number of nitrogens with zero attached hydrogens (tertiary/aromatic N) is 2. The summed E-state index contributed by atoms with van der Waals surface area (Å²) in [5.74, 6) is -1.01. The number of halogens is 2. The zero-order valence-electron chi connectivity index (χ0n) is 12.4. The number of hydrogen-bond donors (Lipinski definition) is 0. The van der Waals surface area contributed by atoms with E-state index in [0.29, 0.717) is 24.1 Å². The summed E-state index contributed by atoms with van der Waals surface area (Å²) < 4.78 is 28.6. The van der Waals surface area contributed by atoms with Gasteiger partial charge in [0.05, 0.1) is 17.8 Å². The first-order valence-electron chi connectivity index (χ1n) is 7.01. The molecule has 0 saturated carbocycles. The van der Waals surface area contributed by atoms with Crippen molar-refractivity contribution in [3.05, 3.63) is 52.3 Å². The molecule has 112 valence electrons. The second-order valence-electron chi connectivity index (χ2n) is 4.93. The molecule has 0 amide bonds. The van der Waals surface area contributed by atoms with E-state index in [2.05, 4.69) is 5.10 Å². The highest BCUT2D eigenvalue weighted by Crippen LogP contribution is 2.19. The molecule has 0 saturated heterocycles. The van der Waals surface area contributed by atoms with Gasteiger partial charge in [-0.1, -0.05) is 13.8 Å². The molecule has 0 aliphatic heterocycles. The lowest BCUT2D eigenvalue weighted by Gasteiger charge is -2.08. The molecule has 1 heterocycles. The van der Waals surface area contributed by atoms with Gasteiger partial charge in [-0.25, -0.2) is 8.78 Å². The lowest BCUT2D eigenvalue weighted by Crippen LogP contribution is -2.09. The summed E-state index contributed by atoms with van der Waals surface area (Å²) in [7, 11) is 0. The molecule has 1 aromatic heterocycles. The minimum atomic E-state index is -0.487. The van der Waals surface area contributed by atoms with Crippen LogP contribution < -0.4 is 0 Å². The fourth-order valence-corrected chi connectivity index (χ4v) is 2.52. The van der Waals surface area contributed by atoms with Crippen molar-refractivity contribution in [2.75, 3.05) is 0 Å². The van der Waals surface area contributed by atoms with Gasteiger partial charge in [-0.05, 0) is 38.0 Å². The summed E-state index contributed by atoms with van der Waals surface area (Å²) in [5, 5.41) is 4.39. The first kappa shape index (κ1) is 15.4. The molecule has 2 aromatic rings. The van der Waals surface area contributed by atoms with Gasteiger partial charge in [0.1, 0.15) is 11.6 Å². The van der Waals surface area contributed by atoms with Gasteiger partial charge in [-0.2, -0.15) is 5.10 Å². The number of rotatable bonds is 5. The van der Waals surface area contributed by atoms with Crippen LogP contribution in [0.5, 0.6) is 0 Å². The van der Waals surface area contributed by atoms with Crippen LogP contribution in [0.15, 0.2) is 18.2 Å². The van der Waals surface area contributed by atoms with Crippen molar-refractivity contribution >= 4 is 5.78 Å². The second kappa shape index (κ2) is 6.16. The lowest BCUT2D eigenvalue weighted by molar-refractivity contribution is 0.101. The molecule has 3 nitrogen and oxygen atoms in total. The normalized spacial score (nSPS) is 10.9. The summed E-state index contributed by atoms with van der Waals surface area (Å²) in [4.78, 5) is 11.8. The average Bonchev–Trinajstić information content (AvgIpc) is 2.80. The van der Waals surface area contributed by atoms with E-state index in [1.165, 1.54) is 6.92 Å². The zero-order chi connectivity index (χ0) is 15.6. The van der Waals surface area contributed by atoms with E-state index < -0.39 is 11.6 Å². The first-order valence-corrected chi connectivity index (χ1v) is 7.01. The van der Waals surface area contributed by atoms with Gasteiger partial charge < -0.3 is 0 Å². The Bertz CT molecular complexity index is 677. The van der Waals surface area contributed by atoms with Crippen LogP contribution in [0.3, 0.4) is 0 Å². The Morgan fingerprint density at radius 3 is 2.52 bits per heavy atom. The van der Waals surface area contributed by atoms with Crippen LogP contribution in [0, 0.1) is 11.6 Å². The van der Waals surface area contributed by atoms with Crippen molar-refractivity contribution in [1.82, 2.24) is 9.78 Å². The Labute approximate surface area is 122 Å². The second-order valence-corrected chi connectivity index (χ2v) is 4.93. The molecule has 0 aliphatic carbocycles. The van der Waals surface area contributed by atoms with Gasteiger partial charge in [0.25, 0.3) is 0 Å². The Kier molecular flexibility index (Phi) is 4.50. The average molecular weight is 292 g/mol. The van der Waals surface area contributed by atoms with Gasteiger partial charge in [0.15, 0.2) is 5.78 Å². The van der Waals surface area contributed by atoms with Gasteiger partial charge in [-0.15, -0.1) is 0 Å². The van der Waals surface area contributed by atoms with E-state index in [1.54, 1.807) is 4.68 Å². The number of Topliss-reactive ketones (excluding diaryl/α,β-unsaturated/α-hetero) is 1. The molecular formula is C16H18F2N2O. The molecule has 0 bridgehead atoms. The number of aromatic nitrogens is 2. The van der Waals surface area contributed by atoms with Crippen LogP contribution >= 0.6 is 0 Å². The van der Waals surface area contributed by atoms with Crippen LogP contribution in [-0.2, 0) is 19.4 Å². The monoisotopic (exact) mass is 292 g/mol. The molecule has 2 rings (SSSR count). The summed E-state index contributed by atoms with van der Waals surface area (Å²) in [6.45, 7) is 5.46. The van der Waals surface area contributed by atoms with Crippen molar-refractivity contribution in [3.8, 4) is 0 Å². The maximum atomic E-state index is 13.8. The molecule has 0 radical (unpaired) electrons. The van der Waals surface area contributed by atoms with E-state index >= 15 is 0 Å². The van der Waals surface area contributed by atoms with Gasteiger partial charge in [0.2, 0.25) is 0 Å². The number of carbonyl (C=O) groups is 1. The smallest absolute Gasteiger partial charge is 0.163 e. The van der Waals surface area contributed by atoms with E-state index in [0.717, 1.165) is 23.9 Å². The zero-order valence-corrected chi connectivity index (χ0v) is 12.4. The van der Waals surface area contributed by atoms with Crippen LogP contribution in [0.25, 0.3) is 0 Å². The predicted molar refractivity (Wildman–Crippen MR) is 76.4 cm³/mol. The Hall–Kier alpha value is -2.04. The van der Waals surface area contributed by atoms with Gasteiger partial charge in [0, 0.05) is 11.3 Å². The Morgan fingerprint density at radius 1 is 1.24 bits per heavy atom. The van der Waals surface area contributed by atoms with Crippen LogP contribution in [0.1, 0.15) is 48.1 Å². The third-order valence-corrected chi connectivity index (χ3v) is 3.48. The minimum absolute atomic E-state index is 0.0466. The lowest BCUT2D eigenvalue weighted by atomic mass is 10.1. The molecule has 1 aromatic carbocycles. The SMILES string of the molecule is CCc1nn(Cc2cc(F)ccc2F)c(CC)c1C(C)=O. The van der Waals surface area contributed by atoms with E-state index in [-0.39, 0.29) is 17.9 Å². The topological polar surface area (TPSA) is 34.9 Å². The third kappa shape index (κ3) is 3.01. The number of aryl methyl sites for hydroxylation is 1. The number of benzene rings is 1. The fraction of sp³-hybridized carbons (Fsp3) is 0.375. The first-order chi connectivity index (χ1) is 9.97. The molecular weight excluding hydrogens is 274 g/mol. The minimum Gasteiger partial charge on any atom is -0.294 e. The van der Waals surface area contributed by atoms with E-state index in [4.69, 9.17) is 0 Å². The highest BCUT2D eigenvalue weighted by atomic mass is 19.1. The molecule has 0 unspecified atom stereocenters. The van der Waals surface area contributed by atoms with Gasteiger partial charge in [-0.3, -0.25) is 9.48 Å². The maximum Gasteiger partial charge on any atom is 0.163 e. The van der Waals surface area contributed by atoms with Crippen LogP contribution in [0.2, 0.25) is 0 Å². The fourth-order valence-electron chi connectivity index (χ4n) is 2.52. The molecule has 5 heteroatoms. The van der Waals surface area contributed by atoms with Crippen molar-refractivity contribution in [2.24, 2.45) is 0 Å². The molecule has 0 atom stereocenters. The summed E-state index contributed by atoms with van der Waals surface area (Å²) >= 11 is 0. The summed E-state index contributed by atoms with van der Waals surface area (Å²) in [6.07, 6.45) is 1.24. The molecule has 0 fully saturated rings. The highest BCUT2D eigenvalue weighted by Gasteiger charge is 2.19. The van der Waals surface area contributed by atoms with Crippen molar-refractivity contribution in [1.29, 1.82) is 0 Å². The van der Waals surface area contributed by atoms with Crippen LogP contribution in [-0.4, -0.2) is 15.6 Å². The van der Waals surface area contributed by atoms with Crippen molar-refractivity contribution < 1.29 is 13.6 Å². The van der Waals surface area contributed by atoms with E-state index in [1.807, 2.05) is 13.8 Å². The molecule has 0 spiro atoms. The number of carbonyl (C=O) groups excluding carboxylic acids is 1. The number of hydrogen-bond acceptors (Lipinski definition) is 2. The summed E-state index contributed by atoms with van der Waals surface area (Å²) in [5.41, 5.74) is 2.31. The van der Waals surface area contributed by atoms with Gasteiger partial charge >= 0.3 is 0 Å². The van der Waals surface area contributed by atoms with Crippen molar-refractivity contribution in [3.63, 3.8) is 0 Å². The quantitative estimate of drug-likeness (QED) is 0.790. The maximum absolute atomic E-state index is 13.8. The Balaban J connectivity index is 2.49.